The van der Waals surface area contributed by atoms with Crippen molar-refractivity contribution in [1.82, 2.24) is 5.32 Å². The van der Waals surface area contributed by atoms with Gasteiger partial charge in [0, 0.05) is 6.42 Å². The number of allylic oxidation sites excluding steroid dienone is 13. The molecule has 0 aliphatic carbocycles. The Labute approximate surface area is 508 Å². The molecule has 11 heteroatoms. The van der Waals surface area contributed by atoms with Crippen LogP contribution in [0.3, 0.4) is 0 Å². The van der Waals surface area contributed by atoms with Crippen molar-refractivity contribution in [3.05, 3.63) is 85.1 Å². The Morgan fingerprint density at radius 3 is 1.42 bits per heavy atom. The standard InChI is InChI=1S/C72H127NO10/c1-4-7-10-13-16-19-22-25-27-28-29-30-31-32-33-34-35-36-37-38-39-42-45-48-51-54-57-60-67(77)83-70-69(79)68(78)66(61-74)82-72(70)81-62-63(64(75)58-55-52-49-46-43-40-24-21-18-15-12-9-6-3)73-71(80)65(76)59-56-53-50-47-44-41-26-23-20-17-14-11-8-5-2/h8,11,14,16-17,19-20,23,25-27,41,55,58,63-66,68-70,72,74-76,78-79H,4-7,9-10,12-13,15,18,21-22,24,28-40,42-54,56-57,59-62H2,1-3H3,(H,73,80)/b11-8+,17-14+,19-16-,23-20+,27-25-,41-26-,58-55+. The summed E-state index contributed by atoms with van der Waals surface area (Å²) in [5.74, 6) is -1.21. The Morgan fingerprint density at radius 2 is 0.916 bits per heavy atom. The molecule has 6 N–H and O–H groups in total. The largest absolute Gasteiger partial charge is 0.454 e. The van der Waals surface area contributed by atoms with Crippen molar-refractivity contribution in [3.63, 3.8) is 0 Å². The number of carbonyl (C=O) groups is 2. The molecule has 0 saturated carbocycles. The molecule has 1 heterocycles. The minimum absolute atomic E-state index is 0.119. The molecule has 83 heavy (non-hydrogen) atoms. The fourth-order valence-corrected chi connectivity index (χ4v) is 10.5. The van der Waals surface area contributed by atoms with Crippen molar-refractivity contribution < 1.29 is 49.3 Å². The predicted octanol–water partition coefficient (Wildman–Crippen LogP) is 17.3. The quantitative estimate of drug-likeness (QED) is 0.0149. The first-order chi connectivity index (χ1) is 40.7. The van der Waals surface area contributed by atoms with Crippen molar-refractivity contribution in [2.45, 2.75) is 346 Å². The van der Waals surface area contributed by atoms with E-state index in [1.54, 1.807) is 6.08 Å². The first-order valence-electron chi connectivity index (χ1n) is 34.4. The average molecular weight is 1170 g/mol. The lowest BCUT2D eigenvalue weighted by Gasteiger charge is -2.41. The van der Waals surface area contributed by atoms with E-state index in [4.69, 9.17) is 14.2 Å². The molecule has 1 amide bonds. The summed E-state index contributed by atoms with van der Waals surface area (Å²) in [4.78, 5) is 26.6. The van der Waals surface area contributed by atoms with Gasteiger partial charge in [-0.15, -0.1) is 0 Å². The molecule has 1 aliphatic rings. The van der Waals surface area contributed by atoms with Crippen molar-refractivity contribution in [2.24, 2.45) is 0 Å². The molecule has 8 atom stereocenters. The summed E-state index contributed by atoms with van der Waals surface area (Å²) in [7, 11) is 0. The summed E-state index contributed by atoms with van der Waals surface area (Å²) in [5, 5.41) is 57.1. The number of rotatable bonds is 58. The first kappa shape index (κ1) is 77.9. The van der Waals surface area contributed by atoms with Gasteiger partial charge < -0.3 is 45.1 Å². The first-order valence-corrected chi connectivity index (χ1v) is 34.4. The maximum atomic E-state index is 13.4. The fourth-order valence-electron chi connectivity index (χ4n) is 10.5. The molecule has 8 unspecified atom stereocenters. The average Bonchev–Trinajstić information content (AvgIpc) is 3.51. The van der Waals surface area contributed by atoms with E-state index in [0.29, 0.717) is 12.8 Å². The molecule has 0 aromatic heterocycles. The van der Waals surface area contributed by atoms with Crippen LogP contribution in [-0.4, -0.2) is 99.6 Å². The van der Waals surface area contributed by atoms with Gasteiger partial charge in [-0.2, -0.15) is 0 Å². The van der Waals surface area contributed by atoms with E-state index in [-0.39, 0.29) is 19.4 Å². The highest BCUT2D eigenvalue weighted by atomic mass is 16.7. The van der Waals surface area contributed by atoms with E-state index in [9.17, 15) is 35.1 Å². The Hall–Kier alpha value is -3.16. The third-order valence-corrected chi connectivity index (χ3v) is 15.9. The van der Waals surface area contributed by atoms with Gasteiger partial charge in [0.1, 0.15) is 24.4 Å². The van der Waals surface area contributed by atoms with Crippen molar-refractivity contribution >= 4 is 11.9 Å². The Morgan fingerprint density at radius 1 is 0.494 bits per heavy atom. The number of carbonyl (C=O) groups excluding carboxylic acids is 2. The molecule has 0 aromatic carbocycles. The van der Waals surface area contributed by atoms with E-state index in [0.717, 1.165) is 77.0 Å². The Kier molecular flexibility index (Phi) is 55.5. The van der Waals surface area contributed by atoms with Crippen LogP contribution in [0.25, 0.3) is 0 Å². The van der Waals surface area contributed by atoms with E-state index >= 15 is 0 Å². The fraction of sp³-hybridized carbons (Fsp3) is 0.778. The number of ether oxygens (including phenoxy) is 3. The van der Waals surface area contributed by atoms with Gasteiger partial charge in [0.2, 0.25) is 5.91 Å². The van der Waals surface area contributed by atoms with E-state index in [2.05, 4.69) is 62.5 Å². The molecule has 0 bridgehead atoms. The SMILES string of the molecule is CC/C=C/C=C/C=C/C=C\CCCCCCC(O)C(=O)NC(COC1OC(CO)C(O)C(O)C1OC(=O)CCCCCCCCCCCCCCCCCCC/C=C\C/C=C\CCCCC)C(O)/C=C/CCCCCCCCCCCCC. The number of hydrogen-bond acceptors (Lipinski definition) is 10. The van der Waals surface area contributed by atoms with Gasteiger partial charge in [-0.1, -0.05) is 298 Å². The normalized spacial score (nSPS) is 19.1. The predicted molar refractivity (Wildman–Crippen MR) is 347 cm³/mol. The smallest absolute Gasteiger partial charge is 0.306 e. The number of aliphatic hydroxyl groups is 5. The molecule has 1 aliphatic heterocycles. The zero-order valence-corrected chi connectivity index (χ0v) is 53.3. The number of esters is 1. The summed E-state index contributed by atoms with van der Waals surface area (Å²) in [6.07, 6.45) is 67.7. The molecule has 1 fully saturated rings. The highest BCUT2D eigenvalue weighted by Crippen LogP contribution is 2.26. The van der Waals surface area contributed by atoms with Crippen LogP contribution in [0, 0.1) is 0 Å². The molecule has 0 radical (unpaired) electrons. The monoisotopic (exact) mass is 1170 g/mol. The minimum Gasteiger partial charge on any atom is -0.454 e. The molecular weight excluding hydrogens is 1040 g/mol. The van der Waals surface area contributed by atoms with Crippen LogP contribution < -0.4 is 5.32 Å². The van der Waals surface area contributed by atoms with Crippen molar-refractivity contribution in [3.8, 4) is 0 Å². The number of nitrogens with one attached hydrogen (secondary N) is 1. The topological polar surface area (TPSA) is 175 Å². The second-order valence-corrected chi connectivity index (χ2v) is 23.6. The Bertz CT molecular complexity index is 1670. The van der Waals surface area contributed by atoms with E-state index in [1.807, 2.05) is 42.5 Å². The summed E-state index contributed by atoms with van der Waals surface area (Å²) >= 11 is 0. The molecule has 11 nitrogen and oxygen atoms in total. The summed E-state index contributed by atoms with van der Waals surface area (Å²) in [5.41, 5.74) is 0. The summed E-state index contributed by atoms with van der Waals surface area (Å²) < 4.78 is 17.7. The van der Waals surface area contributed by atoms with Crippen LogP contribution in [0.2, 0.25) is 0 Å². The summed E-state index contributed by atoms with van der Waals surface area (Å²) in [6.45, 7) is 5.63. The molecule has 0 spiro atoms. The van der Waals surface area contributed by atoms with Gasteiger partial charge >= 0.3 is 5.97 Å². The molecule has 1 rings (SSSR count). The maximum Gasteiger partial charge on any atom is 0.306 e. The second-order valence-electron chi connectivity index (χ2n) is 23.6. The van der Waals surface area contributed by atoms with Crippen molar-refractivity contribution in [2.75, 3.05) is 13.2 Å². The molecular formula is C72H127NO10. The number of aliphatic hydroxyl groups excluding tert-OH is 5. The lowest BCUT2D eigenvalue weighted by Crippen LogP contribution is -2.61. The van der Waals surface area contributed by atoms with Crippen LogP contribution in [0.1, 0.15) is 297 Å². The van der Waals surface area contributed by atoms with Gasteiger partial charge in [-0.25, -0.2) is 0 Å². The van der Waals surface area contributed by atoms with Gasteiger partial charge in [-0.05, 0) is 77.0 Å². The van der Waals surface area contributed by atoms with Crippen LogP contribution in [0.15, 0.2) is 85.1 Å². The number of amides is 1. The third kappa shape index (κ3) is 46.7. The maximum absolute atomic E-state index is 13.4. The highest BCUT2D eigenvalue weighted by molar-refractivity contribution is 5.80. The van der Waals surface area contributed by atoms with Crippen LogP contribution in [0.5, 0.6) is 0 Å². The second kappa shape index (κ2) is 59.2. The van der Waals surface area contributed by atoms with Gasteiger partial charge in [0.25, 0.3) is 0 Å². The third-order valence-electron chi connectivity index (χ3n) is 15.9. The number of unbranched alkanes of at least 4 members (excludes halogenated alkanes) is 35. The van der Waals surface area contributed by atoms with Crippen LogP contribution in [0.4, 0.5) is 0 Å². The van der Waals surface area contributed by atoms with Crippen LogP contribution >= 0.6 is 0 Å². The van der Waals surface area contributed by atoms with Crippen LogP contribution in [-0.2, 0) is 23.8 Å². The lowest BCUT2D eigenvalue weighted by atomic mass is 9.99. The Balaban J connectivity index is 2.56. The number of hydrogen-bond donors (Lipinski definition) is 6. The van der Waals surface area contributed by atoms with E-state index < -0.39 is 67.4 Å². The highest BCUT2D eigenvalue weighted by Gasteiger charge is 2.47. The minimum atomic E-state index is -1.62. The zero-order valence-electron chi connectivity index (χ0n) is 53.3. The van der Waals surface area contributed by atoms with Gasteiger partial charge in [0.05, 0.1) is 25.4 Å². The lowest BCUT2D eigenvalue weighted by molar-refractivity contribution is -0.305. The zero-order chi connectivity index (χ0) is 60.3. The van der Waals surface area contributed by atoms with Gasteiger partial charge in [-0.3, -0.25) is 9.59 Å². The summed E-state index contributed by atoms with van der Waals surface area (Å²) in [6, 6.07) is -1.04. The molecule has 1 saturated heterocycles. The van der Waals surface area contributed by atoms with Crippen molar-refractivity contribution in [1.29, 1.82) is 0 Å². The van der Waals surface area contributed by atoms with E-state index in [1.165, 1.54) is 173 Å². The molecule has 0 aromatic rings. The van der Waals surface area contributed by atoms with Gasteiger partial charge in [0.15, 0.2) is 12.4 Å². The molecule has 480 valence electrons.